The highest BCUT2D eigenvalue weighted by Crippen LogP contribution is 2.65. The Morgan fingerprint density at radius 1 is 1.07 bits per heavy atom. The van der Waals surface area contributed by atoms with E-state index in [0.29, 0.717) is 23.8 Å². The van der Waals surface area contributed by atoms with Crippen LogP contribution < -0.4 is 10.6 Å². The second-order valence-corrected chi connectivity index (χ2v) is 13.1. The molecule has 0 spiro atoms. The molecule has 3 aliphatic carbocycles. The number of amides is 2. The van der Waals surface area contributed by atoms with E-state index >= 15 is 0 Å². The van der Waals surface area contributed by atoms with E-state index in [2.05, 4.69) is 50.2 Å². The smallest absolute Gasteiger partial charge is 0.404 e. The van der Waals surface area contributed by atoms with Crippen molar-refractivity contribution in [2.75, 3.05) is 0 Å². The third kappa shape index (κ3) is 5.31. The Morgan fingerprint density at radius 3 is 2.40 bits per heavy atom. The Kier molecular flexibility index (Phi) is 7.85. The van der Waals surface area contributed by atoms with Crippen molar-refractivity contribution in [1.29, 1.82) is 0 Å². The van der Waals surface area contributed by atoms with Gasteiger partial charge in [0.15, 0.2) is 0 Å². The molecule has 8 nitrogen and oxygen atoms in total. The summed E-state index contributed by atoms with van der Waals surface area (Å²) in [5, 5.41) is 16.3. The summed E-state index contributed by atoms with van der Waals surface area (Å²) in [6.45, 7) is 12.5. The minimum Gasteiger partial charge on any atom is -0.404 e. The number of hydrogen-bond donors (Lipinski definition) is 3. The number of nitrogens with one attached hydrogen (secondary N) is 2. The van der Waals surface area contributed by atoms with E-state index in [1.807, 2.05) is 24.3 Å². The van der Waals surface area contributed by atoms with Crippen molar-refractivity contribution in [2.24, 2.45) is 23.2 Å². The van der Waals surface area contributed by atoms with E-state index in [9.17, 15) is 14.7 Å². The SMILES string of the molecule is CC(C)C[C@H](NC(=O)[C@@H](NC(=O)c1ccc(-c2cccnc2)cc1)[C@@H](C)O)B1O[C@@H]2C[C@H]3C[C@H](C3(C)C)[C@]2(C)O1. The lowest BCUT2D eigenvalue weighted by Gasteiger charge is -2.64. The molecule has 40 heavy (non-hydrogen) atoms. The van der Waals surface area contributed by atoms with Gasteiger partial charge in [0.05, 0.1) is 23.8 Å². The molecule has 0 unspecified atom stereocenters. The maximum absolute atomic E-state index is 13.5. The standard InChI is InChI=1S/C31H42BN3O5/c1-18(2)14-26(32-39-25-16-23-15-24(30(23,4)5)31(25,6)40-32)34-29(38)27(19(3)36)35-28(37)21-11-9-20(10-12-21)22-8-7-13-33-17-22/h7-13,17-19,23-27,36H,14-16H2,1-6H3,(H,34,38)(H,35,37)/t19-,23-,24-,25-,26+,27+,31+/m1/s1. The van der Waals surface area contributed by atoms with Crippen molar-refractivity contribution in [3.8, 4) is 11.1 Å². The summed E-state index contributed by atoms with van der Waals surface area (Å²) >= 11 is 0. The van der Waals surface area contributed by atoms with Crippen LogP contribution in [0.15, 0.2) is 48.8 Å². The predicted octanol–water partition coefficient (Wildman–Crippen LogP) is 4.03. The number of nitrogens with zero attached hydrogens (tertiary/aromatic N) is 1. The van der Waals surface area contributed by atoms with Gasteiger partial charge in [-0.15, -0.1) is 0 Å². The summed E-state index contributed by atoms with van der Waals surface area (Å²) in [5.41, 5.74) is 2.10. The highest BCUT2D eigenvalue weighted by molar-refractivity contribution is 6.48. The molecular formula is C31H42BN3O5. The number of pyridine rings is 1. The van der Waals surface area contributed by atoms with Gasteiger partial charge >= 0.3 is 7.12 Å². The lowest BCUT2D eigenvalue weighted by atomic mass is 9.43. The molecule has 6 rings (SSSR count). The van der Waals surface area contributed by atoms with Gasteiger partial charge in [-0.1, -0.05) is 45.9 Å². The Morgan fingerprint density at radius 2 is 1.80 bits per heavy atom. The average Bonchev–Trinajstić information content (AvgIpc) is 3.28. The number of aliphatic hydroxyl groups excluding tert-OH is 1. The van der Waals surface area contributed by atoms with Gasteiger partial charge in [0.1, 0.15) is 6.04 Å². The van der Waals surface area contributed by atoms with Crippen LogP contribution in [0, 0.1) is 23.2 Å². The van der Waals surface area contributed by atoms with Gasteiger partial charge in [-0.3, -0.25) is 14.6 Å². The van der Waals surface area contributed by atoms with Crippen molar-refractivity contribution in [2.45, 2.75) is 90.6 Å². The molecule has 3 N–H and O–H groups in total. The summed E-state index contributed by atoms with van der Waals surface area (Å²) in [7, 11) is -0.582. The molecule has 1 saturated heterocycles. The van der Waals surface area contributed by atoms with Gasteiger partial charge in [0.2, 0.25) is 5.91 Å². The van der Waals surface area contributed by atoms with Crippen molar-refractivity contribution < 1.29 is 24.0 Å². The van der Waals surface area contributed by atoms with Crippen LogP contribution in [0.3, 0.4) is 0 Å². The second-order valence-electron chi connectivity index (χ2n) is 13.1. The molecule has 1 aromatic heterocycles. The quantitative estimate of drug-likeness (QED) is 0.409. The molecule has 9 heteroatoms. The van der Waals surface area contributed by atoms with Gasteiger partial charge in [0, 0.05) is 18.0 Å². The van der Waals surface area contributed by atoms with E-state index in [0.717, 1.165) is 24.0 Å². The average molecular weight is 548 g/mol. The van der Waals surface area contributed by atoms with Crippen LogP contribution in [0.2, 0.25) is 0 Å². The Labute approximate surface area is 237 Å². The van der Waals surface area contributed by atoms with Gasteiger partial charge in [-0.2, -0.15) is 0 Å². The molecule has 1 aromatic carbocycles. The zero-order chi connectivity index (χ0) is 28.8. The zero-order valence-corrected chi connectivity index (χ0v) is 24.4. The van der Waals surface area contributed by atoms with E-state index < -0.39 is 37.0 Å². The molecule has 214 valence electrons. The van der Waals surface area contributed by atoms with Gasteiger partial charge in [0.25, 0.3) is 5.91 Å². The fourth-order valence-electron chi connectivity index (χ4n) is 7.07. The monoisotopic (exact) mass is 547 g/mol. The van der Waals surface area contributed by atoms with Crippen molar-refractivity contribution in [3.05, 3.63) is 54.4 Å². The number of aliphatic hydroxyl groups is 1. The van der Waals surface area contributed by atoms with Crippen LogP contribution >= 0.6 is 0 Å². The molecule has 4 aliphatic rings. The summed E-state index contributed by atoms with van der Waals surface area (Å²) in [4.78, 5) is 30.7. The number of hydrogen-bond acceptors (Lipinski definition) is 6. The fraction of sp³-hybridized carbons (Fsp3) is 0.581. The predicted molar refractivity (Wildman–Crippen MR) is 154 cm³/mol. The van der Waals surface area contributed by atoms with Crippen molar-refractivity contribution in [3.63, 3.8) is 0 Å². The third-order valence-electron chi connectivity index (χ3n) is 9.54. The molecular weight excluding hydrogens is 505 g/mol. The van der Waals surface area contributed by atoms with Crippen molar-refractivity contribution in [1.82, 2.24) is 15.6 Å². The van der Waals surface area contributed by atoms with E-state index in [1.54, 1.807) is 24.5 Å². The number of carbonyl (C=O) groups excluding carboxylic acids is 2. The first-order valence-corrected chi connectivity index (χ1v) is 14.5. The van der Waals surface area contributed by atoms with E-state index in [1.165, 1.54) is 6.92 Å². The first kappa shape index (κ1) is 28.8. The fourth-order valence-corrected chi connectivity index (χ4v) is 7.07. The molecule has 4 fully saturated rings. The highest BCUT2D eigenvalue weighted by Gasteiger charge is 2.68. The first-order chi connectivity index (χ1) is 18.9. The zero-order valence-electron chi connectivity index (χ0n) is 24.4. The van der Waals surface area contributed by atoms with Crippen LogP contribution in [-0.2, 0) is 14.1 Å². The number of aromatic nitrogens is 1. The summed E-state index contributed by atoms with van der Waals surface area (Å²) in [6.07, 6.45) is 5.13. The summed E-state index contributed by atoms with van der Waals surface area (Å²) < 4.78 is 13.1. The van der Waals surface area contributed by atoms with Crippen LogP contribution in [-0.4, -0.2) is 58.8 Å². The number of carbonyl (C=O) groups is 2. The molecule has 2 bridgehead atoms. The molecule has 3 saturated carbocycles. The van der Waals surface area contributed by atoms with E-state index in [4.69, 9.17) is 9.31 Å². The Balaban J connectivity index is 1.27. The van der Waals surface area contributed by atoms with Crippen LogP contribution in [0.1, 0.15) is 71.2 Å². The summed E-state index contributed by atoms with van der Waals surface area (Å²) in [5.74, 6) is 0.0107. The molecule has 1 aliphatic heterocycles. The maximum Gasteiger partial charge on any atom is 0.481 e. The first-order valence-electron chi connectivity index (χ1n) is 14.5. The van der Waals surface area contributed by atoms with Crippen LogP contribution in [0.5, 0.6) is 0 Å². The van der Waals surface area contributed by atoms with Gasteiger partial charge < -0.3 is 25.0 Å². The van der Waals surface area contributed by atoms with E-state index in [-0.39, 0.29) is 23.0 Å². The number of benzene rings is 1. The van der Waals surface area contributed by atoms with Crippen LogP contribution in [0.4, 0.5) is 0 Å². The third-order valence-corrected chi connectivity index (χ3v) is 9.54. The topological polar surface area (TPSA) is 110 Å². The van der Waals surface area contributed by atoms with Crippen LogP contribution in [0.25, 0.3) is 11.1 Å². The van der Waals surface area contributed by atoms with Gasteiger partial charge in [-0.05, 0) is 85.6 Å². The van der Waals surface area contributed by atoms with Gasteiger partial charge in [-0.25, -0.2) is 0 Å². The molecule has 2 aromatic rings. The summed E-state index contributed by atoms with van der Waals surface area (Å²) in [6, 6.07) is 9.74. The lowest BCUT2D eigenvalue weighted by Crippen LogP contribution is -2.65. The maximum atomic E-state index is 13.5. The van der Waals surface area contributed by atoms with Crippen molar-refractivity contribution >= 4 is 18.9 Å². The molecule has 2 heterocycles. The Hall–Kier alpha value is -2.75. The highest BCUT2D eigenvalue weighted by atomic mass is 16.7. The normalized spacial score (nSPS) is 28.7. The lowest BCUT2D eigenvalue weighted by molar-refractivity contribution is -0.199. The molecule has 2 amide bonds. The second kappa shape index (κ2) is 10.9. The molecule has 7 atom stereocenters. The minimum atomic E-state index is -1.13. The number of rotatable bonds is 9. The Bertz CT molecular complexity index is 1220. The minimum absolute atomic E-state index is 0.00254. The largest absolute Gasteiger partial charge is 0.481 e. The molecule has 0 radical (unpaired) electrons.